The molecule has 146 valence electrons. The minimum absolute atomic E-state index is 0.100. The topological polar surface area (TPSA) is 91.4 Å². The lowest BCUT2D eigenvalue weighted by molar-refractivity contribution is -0.119. The average molecular weight is 400 g/mol. The van der Waals surface area contributed by atoms with Gasteiger partial charge >= 0.3 is 0 Å². The van der Waals surface area contributed by atoms with E-state index in [9.17, 15) is 4.79 Å². The number of hydrogen-bond acceptors (Lipinski definition) is 7. The molecule has 0 saturated carbocycles. The van der Waals surface area contributed by atoms with E-state index in [-0.39, 0.29) is 17.8 Å². The van der Waals surface area contributed by atoms with Crippen molar-refractivity contribution >= 4 is 17.7 Å². The van der Waals surface area contributed by atoms with Crippen molar-refractivity contribution in [2.75, 3.05) is 18.9 Å². The Morgan fingerprint density at radius 1 is 1.29 bits per heavy atom. The maximum absolute atomic E-state index is 12.2. The van der Waals surface area contributed by atoms with Crippen molar-refractivity contribution in [3.8, 4) is 22.9 Å². The molecule has 9 heteroatoms. The van der Waals surface area contributed by atoms with E-state index < -0.39 is 0 Å². The second kappa shape index (κ2) is 7.97. The first-order chi connectivity index (χ1) is 13.6. The van der Waals surface area contributed by atoms with Crippen LogP contribution in [-0.4, -0.2) is 45.7 Å². The third-order valence-corrected chi connectivity index (χ3v) is 5.38. The quantitative estimate of drug-likeness (QED) is 0.636. The second-order valence-corrected chi connectivity index (χ2v) is 7.29. The number of benzene rings is 1. The van der Waals surface area contributed by atoms with Crippen LogP contribution in [0.3, 0.4) is 0 Å². The van der Waals surface area contributed by atoms with Gasteiger partial charge in [0.1, 0.15) is 18.5 Å². The number of carbonyl (C=O) groups is 1. The predicted octanol–water partition coefficient (Wildman–Crippen LogP) is 2.43. The zero-order chi connectivity index (χ0) is 19.5. The van der Waals surface area contributed by atoms with E-state index in [1.54, 1.807) is 6.26 Å². The number of carbonyl (C=O) groups excluding carboxylic acids is 1. The monoisotopic (exact) mass is 400 g/mol. The first kappa shape index (κ1) is 18.4. The summed E-state index contributed by atoms with van der Waals surface area (Å²) in [5.74, 6) is 3.05. The highest BCUT2D eigenvalue weighted by Gasteiger charge is 2.21. The first-order valence-corrected chi connectivity index (χ1v) is 9.82. The van der Waals surface area contributed by atoms with E-state index in [4.69, 9.17) is 13.9 Å². The van der Waals surface area contributed by atoms with E-state index in [0.29, 0.717) is 29.9 Å². The molecule has 2 aromatic heterocycles. The molecule has 0 fully saturated rings. The third-order valence-electron chi connectivity index (χ3n) is 4.36. The van der Waals surface area contributed by atoms with Gasteiger partial charge in [0, 0.05) is 7.05 Å². The summed E-state index contributed by atoms with van der Waals surface area (Å²) < 4.78 is 18.7. The molecule has 0 unspecified atom stereocenters. The lowest BCUT2D eigenvalue weighted by Crippen LogP contribution is -2.41. The summed E-state index contributed by atoms with van der Waals surface area (Å²) in [6.45, 7) is 2.66. The molecule has 0 spiro atoms. The van der Waals surface area contributed by atoms with Gasteiger partial charge in [0.15, 0.2) is 22.5 Å². The van der Waals surface area contributed by atoms with Crippen molar-refractivity contribution in [2.24, 2.45) is 7.05 Å². The Labute approximate surface area is 166 Å². The van der Waals surface area contributed by atoms with Gasteiger partial charge in [-0.3, -0.25) is 4.79 Å². The van der Waals surface area contributed by atoms with Gasteiger partial charge in [0.2, 0.25) is 5.91 Å². The van der Waals surface area contributed by atoms with Crippen molar-refractivity contribution in [2.45, 2.75) is 18.2 Å². The maximum atomic E-state index is 12.2. The number of furan rings is 1. The number of amides is 1. The van der Waals surface area contributed by atoms with Crippen molar-refractivity contribution in [1.29, 1.82) is 0 Å². The van der Waals surface area contributed by atoms with Crippen LogP contribution in [0.25, 0.3) is 11.4 Å². The molecule has 1 aromatic carbocycles. The summed E-state index contributed by atoms with van der Waals surface area (Å²) in [7, 11) is 1.87. The number of nitrogens with zero attached hydrogens (tertiary/aromatic N) is 3. The summed E-state index contributed by atoms with van der Waals surface area (Å²) in [6, 6.07) is 9.35. The van der Waals surface area contributed by atoms with Crippen LogP contribution in [0.4, 0.5) is 0 Å². The molecule has 1 aliphatic rings. The Balaban J connectivity index is 1.28. The lowest BCUT2D eigenvalue weighted by atomic mass is 10.2. The molecular formula is C19H20N4O4S. The van der Waals surface area contributed by atoms with Crippen LogP contribution in [0.1, 0.15) is 5.76 Å². The van der Waals surface area contributed by atoms with Crippen molar-refractivity contribution < 1.29 is 18.7 Å². The van der Waals surface area contributed by atoms with E-state index in [1.165, 1.54) is 11.8 Å². The molecule has 0 aliphatic carbocycles. The number of aryl methyl sites for hydroxylation is 1. The van der Waals surface area contributed by atoms with E-state index in [0.717, 1.165) is 17.1 Å². The third kappa shape index (κ3) is 3.84. The van der Waals surface area contributed by atoms with Crippen molar-refractivity contribution in [3.05, 3.63) is 42.4 Å². The van der Waals surface area contributed by atoms with Gasteiger partial charge in [-0.15, -0.1) is 10.2 Å². The zero-order valence-corrected chi connectivity index (χ0v) is 16.4. The van der Waals surface area contributed by atoms with Gasteiger partial charge < -0.3 is 23.8 Å². The number of para-hydroxylation sites is 2. The number of rotatable bonds is 6. The van der Waals surface area contributed by atoms with Crippen molar-refractivity contribution in [1.82, 2.24) is 20.1 Å². The Kier molecular flexibility index (Phi) is 5.25. The van der Waals surface area contributed by atoms with Gasteiger partial charge in [0.05, 0.1) is 24.1 Å². The first-order valence-electron chi connectivity index (χ1n) is 8.83. The van der Waals surface area contributed by atoms with Gasteiger partial charge in [0.25, 0.3) is 0 Å². The Bertz CT molecular complexity index is 984. The summed E-state index contributed by atoms with van der Waals surface area (Å²) in [5.41, 5.74) is 0.890. The van der Waals surface area contributed by atoms with Gasteiger partial charge in [-0.25, -0.2) is 0 Å². The van der Waals surface area contributed by atoms with Crippen LogP contribution in [0.5, 0.6) is 11.5 Å². The molecule has 3 heterocycles. The number of aromatic nitrogens is 3. The van der Waals surface area contributed by atoms with Crippen LogP contribution < -0.4 is 14.8 Å². The molecule has 0 radical (unpaired) electrons. The van der Waals surface area contributed by atoms with E-state index in [2.05, 4.69) is 15.5 Å². The Morgan fingerprint density at radius 2 is 2.11 bits per heavy atom. The maximum Gasteiger partial charge on any atom is 0.230 e. The molecule has 1 atom stereocenters. The zero-order valence-electron chi connectivity index (χ0n) is 15.5. The SMILES string of the molecule is Cc1occc1-c1nnc(SCC(=O)NC[C@H]2COc3ccccc3O2)n1C. The average Bonchev–Trinajstić information content (AvgIpc) is 3.29. The number of thioether (sulfide) groups is 1. The molecule has 1 N–H and O–H groups in total. The highest BCUT2D eigenvalue weighted by molar-refractivity contribution is 7.99. The summed E-state index contributed by atoms with van der Waals surface area (Å²) in [6.07, 6.45) is 1.41. The van der Waals surface area contributed by atoms with Gasteiger partial charge in [-0.1, -0.05) is 23.9 Å². The molecule has 1 aliphatic heterocycles. The molecule has 1 amide bonds. The normalized spacial score (nSPS) is 15.4. The van der Waals surface area contributed by atoms with Crippen LogP contribution in [0, 0.1) is 6.92 Å². The molecule has 0 saturated heterocycles. The fourth-order valence-electron chi connectivity index (χ4n) is 2.86. The summed E-state index contributed by atoms with van der Waals surface area (Å²) >= 11 is 1.33. The Hall–Kier alpha value is -2.94. The standard InChI is InChI=1S/C19H20N4O4S/c1-12-14(7-8-25-12)18-21-22-19(23(18)2)28-11-17(24)20-9-13-10-26-15-5-3-4-6-16(15)27-13/h3-8,13H,9-11H2,1-2H3,(H,20,24)/t13-/m0/s1. The van der Waals surface area contributed by atoms with Crippen LogP contribution in [-0.2, 0) is 11.8 Å². The number of ether oxygens (including phenoxy) is 2. The van der Waals surface area contributed by atoms with Gasteiger partial charge in [-0.2, -0.15) is 0 Å². The fraction of sp³-hybridized carbons (Fsp3) is 0.316. The molecule has 0 bridgehead atoms. The molecule has 3 aromatic rings. The molecule has 28 heavy (non-hydrogen) atoms. The number of fused-ring (bicyclic) bond motifs is 1. The lowest BCUT2D eigenvalue weighted by Gasteiger charge is -2.26. The summed E-state index contributed by atoms with van der Waals surface area (Å²) in [4.78, 5) is 12.2. The van der Waals surface area contributed by atoms with Crippen LogP contribution in [0.15, 0.2) is 46.2 Å². The molecular weight excluding hydrogens is 380 g/mol. The van der Waals surface area contributed by atoms with Gasteiger partial charge in [-0.05, 0) is 25.1 Å². The Morgan fingerprint density at radius 3 is 2.89 bits per heavy atom. The smallest absolute Gasteiger partial charge is 0.230 e. The van der Waals surface area contributed by atoms with Crippen LogP contribution >= 0.6 is 11.8 Å². The van der Waals surface area contributed by atoms with E-state index in [1.807, 2.05) is 48.9 Å². The van der Waals surface area contributed by atoms with Crippen LogP contribution in [0.2, 0.25) is 0 Å². The van der Waals surface area contributed by atoms with Crippen molar-refractivity contribution in [3.63, 3.8) is 0 Å². The minimum atomic E-state index is -0.214. The highest BCUT2D eigenvalue weighted by atomic mass is 32.2. The minimum Gasteiger partial charge on any atom is -0.486 e. The largest absolute Gasteiger partial charge is 0.486 e. The second-order valence-electron chi connectivity index (χ2n) is 6.35. The number of hydrogen-bond donors (Lipinski definition) is 1. The highest BCUT2D eigenvalue weighted by Crippen LogP contribution is 2.30. The molecule has 4 rings (SSSR count). The predicted molar refractivity (Wildman–Crippen MR) is 104 cm³/mol. The number of nitrogens with one attached hydrogen (secondary N) is 1. The molecule has 8 nitrogen and oxygen atoms in total. The summed E-state index contributed by atoms with van der Waals surface area (Å²) in [5, 5.41) is 11.9. The van der Waals surface area contributed by atoms with E-state index >= 15 is 0 Å². The fourth-order valence-corrected chi connectivity index (χ4v) is 3.61.